The zero-order chi connectivity index (χ0) is 13.3. The van der Waals surface area contributed by atoms with Crippen LogP contribution in [-0.4, -0.2) is 12.8 Å². The average molecular weight is 245 g/mol. The van der Waals surface area contributed by atoms with Crippen molar-refractivity contribution in [2.75, 3.05) is 6.54 Å². The molecule has 0 saturated heterocycles. The van der Waals surface area contributed by atoms with Gasteiger partial charge in [-0.05, 0) is 18.2 Å². The Kier molecular flexibility index (Phi) is 4.72. The minimum Gasteiger partial charge on any atom is -0.288 e. The van der Waals surface area contributed by atoms with Crippen LogP contribution >= 0.6 is 0 Å². The van der Waals surface area contributed by atoms with E-state index in [9.17, 15) is 0 Å². The fourth-order valence-electron chi connectivity index (χ4n) is 1.61. The van der Waals surface area contributed by atoms with Crippen LogP contribution in [0.5, 0.6) is 0 Å². The van der Waals surface area contributed by atoms with Gasteiger partial charge in [0.1, 0.15) is 0 Å². The van der Waals surface area contributed by atoms with Crippen LogP contribution in [-0.2, 0) is 0 Å². The maximum atomic E-state index is 4.26. The summed E-state index contributed by atoms with van der Waals surface area (Å²) in [6.45, 7) is 4.27. The van der Waals surface area contributed by atoms with Crippen molar-refractivity contribution in [1.29, 1.82) is 0 Å². The third-order valence-electron chi connectivity index (χ3n) is 2.54. The molecule has 0 fully saturated rings. The summed E-state index contributed by atoms with van der Waals surface area (Å²) in [7, 11) is 0. The molecule has 0 radical (unpaired) electrons. The highest BCUT2D eigenvalue weighted by Gasteiger charge is 1.94. The number of hydrogen-bond acceptors (Lipinski definition) is 1. The van der Waals surface area contributed by atoms with Gasteiger partial charge in [0.25, 0.3) is 0 Å². The van der Waals surface area contributed by atoms with Crippen LogP contribution < -0.4 is 0 Å². The molecule has 0 saturated carbocycles. The number of rotatable bonds is 3. The Morgan fingerprint density at radius 1 is 0.947 bits per heavy atom. The topological polar surface area (TPSA) is 12.4 Å². The first-order valence-corrected chi connectivity index (χ1v) is 6.17. The van der Waals surface area contributed by atoms with Crippen molar-refractivity contribution in [3.63, 3.8) is 0 Å². The minimum absolute atomic E-state index is 0.625. The zero-order valence-corrected chi connectivity index (χ0v) is 10.7. The monoisotopic (exact) mass is 245 g/mol. The molecule has 0 unspecified atom stereocenters. The Labute approximate surface area is 114 Å². The number of aliphatic imine (C=N–C) groups is 1. The summed E-state index contributed by atoms with van der Waals surface area (Å²) >= 11 is 0. The molecule has 0 aliphatic rings. The summed E-state index contributed by atoms with van der Waals surface area (Å²) in [5, 5.41) is 0. The summed E-state index contributed by atoms with van der Waals surface area (Å²) in [6, 6.07) is 18.0. The molecule has 0 spiro atoms. The van der Waals surface area contributed by atoms with Gasteiger partial charge in [-0.2, -0.15) is 0 Å². The smallest absolute Gasteiger partial charge is 0.0567 e. The van der Waals surface area contributed by atoms with E-state index in [0.29, 0.717) is 6.54 Å². The van der Waals surface area contributed by atoms with Crippen molar-refractivity contribution in [1.82, 2.24) is 0 Å². The minimum atomic E-state index is 0.625. The molecule has 0 N–H and O–H groups in total. The molecule has 0 heterocycles. The Hall–Kier alpha value is -2.59. The van der Waals surface area contributed by atoms with E-state index in [0.717, 1.165) is 16.7 Å². The summed E-state index contributed by atoms with van der Waals surface area (Å²) in [5.41, 5.74) is 3.03. The van der Waals surface area contributed by atoms with Gasteiger partial charge >= 0.3 is 0 Å². The van der Waals surface area contributed by atoms with Gasteiger partial charge in [0, 0.05) is 22.9 Å². The summed E-state index contributed by atoms with van der Waals surface area (Å²) in [5.74, 6) is 6.35. The normalized spacial score (nSPS) is 9.89. The van der Waals surface area contributed by atoms with Gasteiger partial charge in [-0.1, -0.05) is 54.3 Å². The van der Waals surface area contributed by atoms with E-state index in [2.05, 4.69) is 23.4 Å². The van der Waals surface area contributed by atoms with Crippen molar-refractivity contribution in [3.8, 4) is 11.8 Å². The Morgan fingerprint density at radius 3 is 2.47 bits per heavy atom. The highest BCUT2D eigenvalue weighted by atomic mass is 14.7. The molecule has 0 atom stereocenters. The fraction of sp³-hybridized carbons (Fsp3) is 0.0556. The summed E-state index contributed by atoms with van der Waals surface area (Å²) < 4.78 is 0. The molecule has 19 heavy (non-hydrogen) atoms. The van der Waals surface area contributed by atoms with Crippen LogP contribution in [0.2, 0.25) is 0 Å². The lowest BCUT2D eigenvalue weighted by atomic mass is 10.1. The van der Waals surface area contributed by atoms with E-state index in [4.69, 9.17) is 0 Å². The van der Waals surface area contributed by atoms with E-state index in [-0.39, 0.29) is 0 Å². The van der Waals surface area contributed by atoms with Crippen LogP contribution in [0.4, 0.5) is 0 Å². The van der Waals surface area contributed by atoms with E-state index >= 15 is 0 Å². The summed E-state index contributed by atoms with van der Waals surface area (Å²) in [6.07, 6.45) is 3.62. The molecule has 0 bridgehead atoms. The second-order valence-corrected chi connectivity index (χ2v) is 3.99. The predicted molar refractivity (Wildman–Crippen MR) is 81.5 cm³/mol. The van der Waals surface area contributed by atoms with E-state index in [1.165, 1.54) is 0 Å². The number of nitrogens with zero attached hydrogens (tertiary/aromatic N) is 1. The van der Waals surface area contributed by atoms with Gasteiger partial charge in [-0.3, -0.25) is 4.99 Å². The van der Waals surface area contributed by atoms with Gasteiger partial charge in [-0.25, -0.2) is 0 Å². The van der Waals surface area contributed by atoms with Gasteiger partial charge in [0.2, 0.25) is 0 Å². The first kappa shape index (κ1) is 12.9. The largest absolute Gasteiger partial charge is 0.288 e. The first-order valence-electron chi connectivity index (χ1n) is 6.17. The molecule has 0 aliphatic heterocycles. The molecular formula is C18H15N. The van der Waals surface area contributed by atoms with Gasteiger partial charge in [0.05, 0.1) is 6.54 Å². The molecule has 0 aliphatic carbocycles. The lowest BCUT2D eigenvalue weighted by molar-refractivity contribution is 1.26. The number of benzene rings is 2. The molecule has 2 rings (SSSR count). The lowest BCUT2D eigenvalue weighted by Gasteiger charge is -1.97. The lowest BCUT2D eigenvalue weighted by Crippen LogP contribution is -1.88. The predicted octanol–water partition coefficient (Wildman–Crippen LogP) is 3.69. The molecule has 0 amide bonds. The third-order valence-corrected chi connectivity index (χ3v) is 2.54. The highest BCUT2D eigenvalue weighted by molar-refractivity contribution is 5.83. The molecular weight excluding hydrogens is 230 g/mol. The Balaban J connectivity index is 2.26. The van der Waals surface area contributed by atoms with Crippen LogP contribution in [0, 0.1) is 11.8 Å². The third kappa shape index (κ3) is 3.97. The van der Waals surface area contributed by atoms with Crippen molar-refractivity contribution < 1.29 is 0 Å². The van der Waals surface area contributed by atoms with Crippen LogP contribution in [0.1, 0.15) is 16.7 Å². The highest BCUT2D eigenvalue weighted by Crippen LogP contribution is 2.05. The summed E-state index contributed by atoms with van der Waals surface area (Å²) in [4.78, 5) is 4.26. The van der Waals surface area contributed by atoms with Gasteiger partial charge in [0.15, 0.2) is 0 Å². The maximum Gasteiger partial charge on any atom is 0.0567 e. The van der Waals surface area contributed by atoms with Crippen LogP contribution in [0.3, 0.4) is 0 Å². The number of hydrogen-bond donors (Lipinski definition) is 0. The Morgan fingerprint density at radius 2 is 1.68 bits per heavy atom. The standard InChI is InChI=1S/C18H15N/c1-2-14-19-15-18-11-7-6-10-17(18)13-12-16-8-4-3-5-9-16/h2-11,15H,1,14H2. The molecule has 92 valence electrons. The van der Waals surface area contributed by atoms with Crippen molar-refractivity contribution in [3.05, 3.63) is 83.9 Å². The van der Waals surface area contributed by atoms with Crippen LogP contribution in [0.15, 0.2) is 72.2 Å². The molecule has 0 aromatic heterocycles. The van der Waals surface area contributed by atoms with E-state index < -0.39 is 0 Å². The Bertz CT molecular complexity index is 627. The van der Waals surface area contributed by atoms with Crippen molar-refractivity contribution >= 4 is 6.21 Å². The molecule has 1 heteroatoms. The van der Waals surface area contributed by atoms with Crippen molar-refractivity contribution in [2.24, 2.45) is 4.99 Å². The van der Waals surface area contributed by atoms with Crippen LogP contribution in [0.25, 0.3) is 0 Å². The second-order valence-electron chi connectivity index (χ2n) is 3.99. The molecule has 1 nitrogen and oxygen atoms in total. The SMILES string of the molecule is C=CCN=Cc1ccccc1C#Cc1ccccc1. The molecule has 2 aromatic carbocycles. The fourth-order valence-corrected chi connectivity index (χ4v) is 1.61. The van der Waals surface area contributed by atoms with Crippen molar-refractivity contribution in [2.45, 2.75) is 0 Å². The van der Waals surface area contributed by atoms with Gasteiger partial charge < -0.3 is 0 Å². The maximum absolute atomic E-state index is 4.26. The van der Waals surface area contributed by atoms with E-state index in [1.54, 1.807) is 6.08 Å². The average Bonchev–Trinajstić information content (AvgIpc) is 2.48. The first-order chi connectivity index (χ1) is 9.40. The van der Waals surface area contributed by atoms with E-state index in [1.807, 2.05) is 60.8 Å². The zero-order valence-electron chi connectivity index (χ0n) is 10.7. The quantitative estimate of drug-likeness (QED) is 0.444. The molecule has 2 aromatic rings. The second kappa shape index (κ2) is 6.98. The van der Waals surface area contributed by atoms with Gasteiger partial charge in [-0.15, -0.1) is 6.58 Å².